The van der Waals surface area contributed by atoms with E-state index in [-0.39, 0.29) is 17.7 Å². The van der Waals surface area contributed by atoms with E-state index in [0.717, 1.165) is 6.07 Å². The summed E-state index contributed by atoms with van der Waals surface area (Å²) in [6, 6.07) is 3.98. The number of aliphatic imine (C=N–C) groups is 1. The number of carbonyl (C=O) groups excluding carboxylic acids is 1. The van der Waals surface area contributed by atoms with Crippen LogP contribution in [0.4, 0.5) is 18.9 Å². The van der Waals surface area contributed by atoms with E-state index in [9.17, 15) is 18.0 Å². The quantitative estimate of drug-likeness (QED) is 0.798. The van der Waals surface area contributed by atoms with E-state index in [2.05, 4.69) is 15.0 Å². The third kappa shape index (κ3) is 2.69. The first-order valence-electron chi connectivity index (χ1n) is 5.51. The smallest absolute Gasteiger partial charge is 0.433 e. The molecular formula is C12H11F3N2O2. The molecule has 2 rings (SSSR count). The molecule has 0 aromatic heterocycles. The fourth-order valence-corrected chi connectivity index (χ4v) is 1.82. The van der Waals surface area contributed by atoms with Crippen LogP contribution in [0.25, 0.3) is 0 Å². The number of alkyl halides is 3. The van der Waals surface area contributed by atoms with Crippen molar-refractivity contribution in [3.63, 3.8) is 0 Å². The molecule has 1 N–H and O–H groups in total. The molecule has 0 unspecified atom stereocenters. The second-order valence-electron chi connectivity index (χ2n) is 3.91. The van der Waals surface area contributed by atoms with Gasteiger partial charge < -0.3 is 10.1 Å². The summed E-state index contributed by atoms with van der Waals surface area (Å²) in [4.78, 5) is 14.9. The molecule has 0 amide bonds. The van der Waals surface area contributed by atoms with Crippen LogP contribution in [0.3, 0.4) is 0 Å². The van der Waals surface area contributed by atoms with Gasteiger partial charge in [-0.25, -0.2) is 4.79 Å². The zero-order valence-corrected chi connectivity index (χ0v) is 10.0. The largest absolute Gasteiger partial charge is 0.465 e. The number of nitrogens with zero attached hydrogens (tertiary/aromatic N) is 1. The van der Waals surface area contributed by atoms with Crippen molar-refractivity contribution in [1.29, 1.82) is 0 Å². The van der Waals surface area contributed by atoms with E-state index in [4.69, 9.17) is 0 Å². The number of anilines is 1. The molecule has 1 aliphatic rings. The minimum Gasteiger partial charge on any atom is -0.465 e. The minimum absolute atomic E-state index is 0.0249. The van der Waals surface area contributed by atoms with E-state index in [1.165, 1.54) is 19.2 Å². The van der Waals surface area contributed by atoms with E-state index in [1.54, 1.807) is 0 Å². The van der Waals surface area contributed by atoms with Crippen LogP contribution in [0, 0.1) is 0 Å². The first-order chi connectivity index (χ1) is 8.93. The second kappa shape index (κ2) is 4.91. The molecule has 0 radical (unpaired) electrons. The highest BCUT2D eigenvalue weighted by Crippen LogP contribution is 2.29. The van der Waals surface area contributed by atoms with Gasteiger partial charge >= 0.3 is 12.1 Å². The van der Waals surface area contributed by atoms with Gasteiger partial charge in [0.15, 0.2) is 0 Å². The molecule has 1 aromatic carbocycles. The molecule has 0 fully saturated rings. The van der Waals surface area contributed by atoms with Gasteiger partial charge in [-0.15, -0.1) is 0 Å². The van der Waals surface area contributed by atoms with Crippen LogP contribution in [0.1, 0.15) is 15.9 Å². The molecule has 1 aromatic rings. The minimum atomic E-state index is -4.56. The number of benzene rings is 1. The van der Waals surface area contributed by atoms with E-state index in [0.29, 0.717) is 12.2 Å². The van der Waals surface area contributed by atoms with Crippen LogP contribution in [0.15, 0.2) is 23.2 Å². The highest BCUT2D eigenvalue weighted by atomic mass is 19.4. The van der Waals surface area contributed by atoms with Crippen molar-refractivity contribution in [3.05, 3.63) is 29.3 Å². The Morgan fingerprint density at radius 3 is 2.79 bits per heavy atom. The topological polar surface area (TPSA) is 50.7 Å². The normalized spacial score (nSPS) is 14.8. The lowest BCUT2D eigenvalue weighted by Gasteiger charge is -2.13. The Bertz CT molecular complexity index is 538. The fraction of sp³-hybridized carbons (Fsp3) is 0.333. The van der Waals surface area contributed by atoms with Crippen molar-refractivity contribution >= 4 is 17.4 Å². The van der Waals surface area contributed by atoms with Crippen LogP contribution in [-0.4, -0.2) is 38.1 Å². The number of ether oxygens (including phenoxy) is 1. The summed E-state index contributed by atoms with van der Waals surface area (Å²) in [5.74, 6) is -0.687. The molecule has 19 heavy (non-hydrogen) atoms. The number of halogens is 3. The van der Waals surface area contributed by atoms with Gasteiger partial charge in [0.2, 0.25) is 0 Å². The third-order valence-electron chi connectivity index (χ3n) is 2.66. The van der Waals surface area contributed by atoms with Crippen LogP contribution >= 0.6 is 0 Å². The molecule has 0 atom stereocenters. The zero-order chi connectivity index (χ0) is 14.0. The van der Waals surface area contributed by atoms with Crippen molar-refractivity contribution in [2.75, 3.05) is 25.5 Å². The lowest BCUT2D eigenvalue weighted by atomic mass is 10.0. The standard InChI is InChI=1S/C12H11F3N2O2/c1-19-11(18)7-2-3-9-8(6-7)10(12(13,14)15)17-5-4-16-9/h2-3,6,16H,4-5H2,1H3. The molecule has 0 aliphatic carbocycles. The average Bonchev–Trinajstić information content (AvgIpc) is 2.58. The first-order valence-corrected chi connectivity index (χ1v) is 5.51. The number of hydrogen-bond donors (Lipinski definition) is 1. The molecule has 0 saturated heterocycles. The van der Waals surface area contributed by atoms with Crippen LogP contribution in [-0.2, 0) is 4.74 Å². The summed E-state index contributed by atoms with van der Waals surface area (Å²) >= 11 is 0. The Kier molecular flexibility index (Phi) is 3.46. The summed E-state index contributed by atoms with van der Waals surface area (Å²) in [6.07, 6.45) is -4.56. The summed E-state index contributed by atoms with van der Waals surface area (Å²) in [6.45, 7) is 0.335. The van der Waals surface area contributed by atoms with Gasteiger partial charge in [0.05, 0.1) is 19.2 Å². The number of carbonyl (C=O) groups is 1. The Labute approximate surface area is 107 Å². The molecule has 1 aliphatic heterocycles. The summed E-state index contributed by atoms with van der Waals surface area (Å²) < 4.78 is 43.3. The SMILES string of the molecule is COC(=O)c1ccc2c(c1)C(C(F)(F)F)=NCCN2. The number of nitrogens with one attached hydrogen (secondary N) is 1. The summed E-state index contributed by atoms with van der Waals surface area (Å²) in [5.41, 5.74) is -0.741. The van der Waals surface area contributed by atoms with Crippen molar-refractivity contribution in [2.45, 2.75) is 6.18 Å². The fourth-order valence-electron chi connectivity index (χ4n) is 1.82. The maximum absolute atomic E-state index is 12.9. The molecule has 0 spiro atoms. The lowest BCUT2D eigenvalue weighted by Crippen LogP contribution is -2.24. The number of hydrogen-bond acceptors (Lipinski definition) is 4. The molecule has 0 saturated carbocycles. The van der Waals surface area contributed by atoms with Crippen molar-refractivity contribution in [1.82, 2.24) is 0 Å². The van der Waals surface area contributed by atoms with E-state index in [1.807, 2.05) is 0 Å². The maximum Gasteiger partial charge on any atom is 0.433 e. The highest BCUT2D eigenvalue weighted by Gasteiger charge is 2.38. The molecule has 0 bridgehead atoms. The third-order valence-corrected chi connectivity index (χ3v) is 2.66. The first kappa shape index (κ1) is 13.4. The van der Waals surface area contributed by atoms with Gasteiger partial charge in [-0.2, -0.15) is 13.2 Å². The van der Waals surface area contributed by atoms with Crippen LogP contribution < -0.4 is 5.32 Å². The van der Waals surface area contributed by atoms with Gasteiger partial charge in [-0.1, -0.05) is 0 Å². The molecule has 4 nitrogen and oxygen atoms in total. The summed E-state index contributed by atoms with van der Waals surface area (Å²) in [7, 11) is 1.17. The maximum atomic E-state index is 12.9. The van der Waals surface area contributed by atoms with Gasteiger partial charge in [0, 0.05) is 17.8 Å². The van der Waals surface area contributed by atoms with Gasteiger partial charge in [0.1, 0.15) is 5.71 Å². The zero-order valence-electron chi connectivity index (χ0n) is 10.0. The number of benzodiazepines with no additional fused rings is 1. The molecule has 1 heterocycles. The average molecular weight is 272 g/mol. The Balaban J connectivity index is 2.55. The van der Waals surface area contributed by atoms with E-state index >= 15 is 0 Å². The predicted molar refractivity (Wildman–Crippen MR) is 63.7 cm³/mol. The molecular weight excluding hydrogens is 261 g/mol. The van der Waals surface area contributed by atoms with Crippen molar-refractivity contribution in [3.8, 4) is 0 Å². The molecule has 102 valence electrons. The highest BCUT2D eigenvalue weighted by molar-refractivity contribution is 6.10. The summed E-state index contributed by atoms with van der Waals surface area (Å²) in [5, 5.41) is 2.84. The Morgan fingerprint density at radius 1 is 1.42 bits per heavy atom. The number of methoxy groups -OCH3 is 1. The second-order valence-corrected chi connectivity index (χ2v) is 3.91. The van der Waals surface area contributed by atoms with E-state index < -0.39 is 17.9 Å². The Hall–Kier alpha value is -2.05. The van der Waals surface area contributed by atoms with Crippen LogP contribution in [0.2, 0.25) is 0 Å². The van der Waals surface area contributed by atoms with Gasteiger partial charge in [-0.3, -0.25) is 4.99 Å². The monoisotopic (exact) mass is 272 g/mol. The molecule has 7 heteroatoms. The number of fused-ring (bicyclic) bond motifs is 1. The lowest BCUT2D eigenvalue weighted by molar-refractivity contribution is -0.0581. The number of rotatable bonds is 1. The predicted octanol–water partition coefficient (Wildman–Crippen LogP) is 2.25. The number of esters is 1. The van der Waals surface area contributed by atoms with Gasteiger partial charge in [-0.05, 0) is 18.2 Å². The Morgan fingerprint density at radius 2 is 2.16 bits per heavy atom. The van der Waals surface area contributed by atoms with Crippen LogP contribution in [0.5, 0.6) is 0 Å². The van der Waals surface area contributed by atoms with Crippen molar-refractivity contribution in [2.24, 2.45) is 4.99 Å². The van der Waals surface area contributed by atoms with Gasteiger partial charge in [0.25, 0.3) is 0 Å². The van der Waals surface area contributed by atoms with Crippen molar-refractivity contribution < 1.29 is 22.7 Å².